The third-order valence-electron chi connectivity index (χ3n) is 5.92. The Bertz CT molecular complexity index is 952. The van der Waals surface area contributed by atoms with Crippen molar-refractivity contribution in [1.82, 2.24) is 0 Å². The van der Waals surface area contributed by atoms with E-state index in [9.17, 15) is 4.79 Å². The number of fused-ring (bicyclic) bond motifs is 1. The molecule has 1 N–H and O–H groups in total. The Kier molecular flexibility index (Phi) is 14.5. The second-order valence-corrected chi connectivity index (χ2v) is 8.95. The van der Waals surface area contributed by atoms with Crippen LogP contribution >= 0.6 is 0 Å². The minimum absolute atomic E-state index is 0.286. The largest absolute Gasteiger partial charge is 0.423 e. The highest BCUT2D eigenvalue weighted by Gasteiger charge is 1.99. The minimum Gasteiger partial charge on any atom is -0.423 e. The summed E-state index contributed by atoms with van der Waals surface area (Å²) in [6, 6.07) is 19.1. The number of anilines is 1. The number of benzene rings is 2. The zero-order chi connectivity index (χ0) is 24.3. The summed E-state index contributed by atoms with van der Waals surface area (Å²) in [6.45, 7) is 4.98. The van der Waals surface area contributed by atoms with Gasteiger partial charge in [-0.1, -0.05) is 114 Å². The van der Waals surface area contributed by atoms with Crippen molar-refractivity contribution < 1.29 is 9.25 Å². The Morgan fingerprint density at radius 3 is 1.94 bits per heavy atom. The summed E-state index contributed by atoms with van der Waals surface area (Å²) >= 11 is 0. The van der Waals surface area contributed by atoms with Crippen LogP contribution in [0.15, 0.2) is 69.9 Å². The van der Waals surface area contributed by atoms with Gasteiger partial charge >= 0.3 is 5.63 Å². The van der Waals surface area contributed by atoms with Crippen LogP contribution in [0.5, 0.6) is 0 Å². The van der Waals surface area contributed by atoms with Crippen LogP contribution in [0.1, 0.15) is 89.5 Å². The number of unbranched alkanes of at least 4 members (excludes halogenated alkanes) is 11. The van der Waals surface area contributed by atoms with Crippen molar-refractivity contribution in [2.45, 2.75) is 90.9 Å². The number of hydrogen-bond donors (Lipinski definition) is 1. The van der Waals surface area contributed by atoms with E-state index >= 15 is 0 Å². The molecule has 2 aromatic carbocycles. The van der Waals surface area contributed by atoms with Crippen LogP contribution in [0.2, 0.25) is 0 Å². The molecule has 186 valence electrons. The second-order valence-electron chi connectivity index (χ2n) is 8.95. The maximum absolute atomic E-state index is 10.9. The van der Waals surface area contributed by atoms with E-state index in [-0.39, 0.29) is 5.63 Å². The van der Waals surface area contributed by atoms with Gasteiger partial charge in [0.2, 0.25) is 0 Å². The first kappa shape index (κ1) is 27.7. The fraction of sp³-hybridized carbons (Fsp3) is 0.500. The van der Waals surface area contributed by atoms with E-state index in [1.807, 2.05) is 55.5 Å². The Morgan fingerprint density at radius 2 is 1.29 bits per heavy atom. The Hall–Kier alpha value is -2.59. The van der Waals surface area contributed by atoms with Crippen molar-refractivity contribution in [3.63, 3.8) is 0 Å². The second kappa shape index (κ2) is 17.8. The number of hydrogen-bond acceptors (Lipinski definition) is 4. The minimum atomic E-state index is -0.286. The van der Waals surface area contributed by atoms with Crippen LogP contribution in [0.3, 0.4) is 0 Å². The first-order valence-electron chi connectivity index (χ1n) is 13.1. The molecule has 0 spiro atoms. The Balaban J connectivity index is 0.000000283. The van der Waals surface area contributed by atoms with Crippen molar-refractivity contribution in [3.8, 4) is 0 Å². The van der Waals surface area contributed by atoms with Crippen molar-refractivity contribution >= 4 is 16.7 Å². The summed E-state index contributed by atoms with van der Waals surface area (Å²) in [6.07, 6.45) is 16.6. The lowest BCUT2D eigenvalue weighted by Gasteiger charge is -2.06. The van der Waals surface area contributed by atoms with Gasteiger partial charge in [-0.3, -0.25) is 10.3 Å². The lowest BCUT2D eigenvalue weighted by Crippen LogP contribution is -2.02. The van der Waals surface area contributed by atoms with Gasteiger partial charge in [0.1, 0.15) is 5.58 Å². The lowest BCUT2D eigenvalue weighted by molar-refractivity contribution is 0.187. The molecular formula is C30H43NO3. The molecule has 3 aromatic rings. The summed E-state index contributed by atoms with van der Waals surface area (Å²) in [5.41, 5.74) is 5.34. The molecule has 1 heterocycles. The molecule has 4 heteroatoms. The molecule has 0 bridgehead atoms. The molecule has 34 heavy (non-hydrogen) atoms. The molecule has 0 aliphatic rings. The maximum Gasteiger partial charge on any atom is 0.336 e. The predicted octanol–water partition coefficient (Wildman–Crippen LogP) is 8.83. The fourth-order valence-electron chi connectivity index (χ4n) is 3.93. The SMILES string of the molecule is CCCCCCCCCCCCCCONc1ccccc1.Cc1cc(=O)oc2ccccc12. The van der Waals surface area contributed by atoms with Gasteiger partial charge in [0, 0.05) is 11.5 Å². The smallest absolute Gasteiger partial charge is 0.336 e. The highest BCUT2D eigenvalue weighted by atomic mass is 16.6. The van der Waals surface area contributed by atoms with E-state index in [0.717, 1.165) is 29.7 Å². The van der Waals surface area contributed by atoms with Crippen LogP contribution in [0, 0.1) is 6.92 Å². The summed E-state index contributed by atoms with van der Waals surface area (Å²) in [4.78, 5) is 16.4. The van der Waals surface area contributed by atoms with E-state index in [0.29, 0.717) is 5.58 Å². The van der Waals surface area contributed by atoms with Crippen LogP contribution in [0.4, 0.5) is 5.69 Å². The molecule has 0 saturated carbocycles. The highest BCUT2D eigenvalue weighted by molar-refractivity contribution is 5.79. The normalized spacial score (nSPS) is 10.6. The number of para-hydroxylation sites is 2. The Morgan fingerprint density at radius 1 is 0.735 bits per heavy atom. The first-order chi connectivity index (χ1) is 16.7. The Labute approximate surface area is 205 Å². The van der Waals surface area contributed by atoms with Gasteiger partial charge in [0.15, 0.2) is 0 Å². The van der Waals surface area contributed by atoms with E-state index in [4.69, 9.17) is 9.25 Å². The molecule has 0 unspecified atom stereocenters. The molecule has 1 aromatic heterocycles. The van der Waals surface area contributed by atoms with Crippen molar-refractivity contribution in [1.29, 1.82) is 0 Å². The summed E-state index contributed by atoms with van der Waals surface area (Å²) in [5, 5.41) is 0.997. The van der Waals surface area contributed by atoms with E-state index in [1.165, 1.54) is 76.7 Å². The molecule has 0 atom stereocenters. The topological polar surface area (TPSA) is 51.5 Å². The lowest BCUT2D eigenvalue weighted by atomic mass is 10.1. The van der Waals surface area contributed by atoms with Crippen LogP contribution in [-0.2, 0) is 4.84 Å². The van der Waals surface area contributed by atoms with Gasteiger partial charge in [-0.25, -0.2) is 4.79 Å². The van der Waals surface area contributed by atoms with Crippen LogP contribution < -0.4 is 11.1 Å². The average molecular weight is 466 g/mol. The summed E-state index contributed by atoms with van der Waals surface area (Å²) < 4.78 is 4.99. The van der Waals surface area contributed by atoms with Gasteiger partial charge < -0.3 is 4.42 Å². The molecule has 4 nitrogen and oxygen atoms in total. The summed E-state index contributed by atoms with van der Waals surface area (Å²) in [7, 11) is 0. The predicted molar refractivity (Wildman–Crippen MR) is 144 cm³/mol. The molecule has 0 fully saturated rings. The maximum atomic E-state index is 10.9. The molecule has 0 amide bonds. The van der Waals surface area contributed by atoms with Crippen LogP contribution in [-0.4, -0.2) is 6.61 Å². The van der Waals surface area contributed by atoms with Crippen molar-refractivity contribution in [2.24, 2.45) is 0 Å². The quantitative estimate of drug-likeness (QED) is 0.138. The fourth-order valence-corrected chi connectivity index (χ4v) is 3.93. The van der Waals surface area contributed by atoms with Gasteiger partial charge in [-0.05, 0) is 37.1 Å². The van der Waals surface area contributed by atoms with Crippen molar-refractivity contribution in [3.05, 3.63) is 76.6 Å². The van der Waals surface area contributed by atoms with E-state index in [2.05, 4.69) is 12.4 Å². The average Bonchev–Trinajstić information content (AvgIpc) is 2.85. The van der Waals surface area contributed by atoms with Gasteiger partial charge in [-0.15, -0.1) is 0 Å². The molecular weight excluding hydrogens is 422 g/mol. The van der Waals surface area contributed by atoms with Gasteiger partial charge in [-0.2, -0.15) is 0 Å². The summed E-state index contributed by atoms with van der Waals surface area (Å²) in [5.74, 6) is 0. The van der Waals surface area contributed by atoms with Gasteiger partial charge in [0.25, 0.3) is 0 Å². The molecule has 3 rings (SSSR count). The molecule has 0 saturated heterocycles. The first-order valence-corrected chi connectivity index (χ1v) is 13.1. The number of rotatable bonds is 15. The standard InChI is InChI=1S/C20H35NO.C10H8O2/c1-2-3-4-5-6-7-8-9-10-11-12-16-19-22-21-20-17-14-13-15-18-20;1-7-6-10(11)12-9-5-3-2-4-8(7)9/h13-15,17-18,21H,2-12,16,19H2,1H3;2-6H,1H3. The monoisotopic (exact) mass is 465 g/mol. The molecule has 0 aliphatic carbocycles. The number of aryl methyl sites for hydroxylation is 1. The molecule has 0 radical (unpaired) electrons. The van der Waals surface area contributed by atoms with Crippen LogP contribution in [0.25, 0.3) is 11.0 Å². The van der Waals surface area contributed by atoms with E-state index < -0.39 is 0 Å². The van der Waals surface area contributed by atoms with Gasteiger partial charge in [0.05, 0.1) is 12.3 Å². The zero-order valence-corrected chi connectivity index (χ0v) is 21.2. The zero-order valence-electron chi connectivity index (χ0n) is 21.2. The molecule has 0 aliphatic heterocycles. The van der Waals surface area contributed by atoms with Crippen molar-refractivity contribution in [2.75, 3.05) is 12.1 Å². The number of nitrogens with one attached hydrogen (secondary N) is 1. The highest BCUT2D eigenvalue weighted by Crippen LogP contribution is 2.15. The third-order valence-corrected chi connectivity index (χ3v) is 5.92. The third kappa shape index (κ3) is 12.0. The van der Waals surface area contributed by atoms with E-state index in [1.54, 1.807) is 6.07 Å².